The molecule has 0 amide bonds. The first-order chi connectivity index (χ1) is 4.33. The van der Waals surface area contributed by atoms with Crippen LogP contribution >= 0.6 is 0 Å². The summed E-state index contributed by atoms with van der Waals surface area (Å²) in [6.45, 7) is 4.28. The molecule has 0 aliphatic rings. The molecule has 0 bridgehead atoms. The van der Waals surface area contributed by atoms with E-state index in [4.69, 9.17) is 0 Å². The molecule has 1 heteroatoms. The van der Waals surface area contributed by atoms with Crippen molar-refractivity contribution in [3.05, 3.63) is 35.4 Å². The molecule has 0 N–H and O–H groups in total. The largest absolute Gasteiger partial charge is 0.0613 e. The second-order valence-electron chi connectivity index (χ2n) is 2.34. The Labute approximate surface area is 87.9 Å². The van der Waals surface area contributed by atoms with Gasteiger partial charge in [-0.15, -0.1) is 0 Å². The first-order valence-electron chi connectivity index (χ1n) is 3.38. The van der Waals surface area contributed by atoms with Crippen molar-refractivity contribution in [3.8, 4) is 0 Å². The molecular weight excluding hydrogens is 197 g/mol. The van der Waals surface area contributed by atoms with E-state index in [2.05, 4.69) is 38.1 Å². The Bertz CT molecular complexity index is 176. The van der Waals surface area contributed by atoms with Crippen LogP contribution in [0.25, 0.3) is 0 Å². The predicted molar refractivity (Wildman–Crippen MR) is 40.6 cm³/mol. The molecule has 0 unspecified atom stereocenters. The Morgan fingerprint density at radius 1 is 1.10 bits per heavy atom. The SMILES string of the molecule is CCc1ccc(C)cc1.[Y]. The van der Waals surface area contributed by atoms with Crippen molar-refractivity contribution in [3.63, 3.8) is 0 Å². The van der Waals surface area contributed by atoms with Crippen LogP contribution in [0.5, 0.6) is 0 Å². The molecule has 0 spiro atoms. The van der Waals surface area contributed by atoms with Crippen LogP contribution in [-0.4, -0.2) is 0 Å². The van der Waals surface area contributed by atoms with E-state index in [0.717, 1.165) is 6.42 Å². The van der Waals surface area contributed by atoms with Crippen LogP contribution < -0.4 is 0 Å². The van der Waals surface area contributed by atoms with Gasteiger partial charge in [-0.2, -0.15) is 0 Å². The molecule has 0 saturated carbocycles. The van der Waals surface area contributed by atoms with Crippen molar-refractivity contribution < 1.29 is 32.7 Å². The quantitative estimate of drug-likeness (QED) is 0.666. The van der Waals surface area contributed by atoms with Gasteiger partial charge in [0.2, 0.25) is 0 Å². The monoisotopic (exact) mass is 209 g/mol. The molecule has 0 aliphatic carbocycles. The number of hydrogen-bond donors (Lipinski definition) is 0. The average Bonchev–Trinajstić information content (AvgIpc) is 1.90. The van der Waals surface area contributed by atoms with Crippen LogP contribution in [0, 0.1) is 6.92 Å². The zero-order valence-corrected chi connectivity index (χ0v) is 9.43. The van der Waals surface area contributed by atoms with Crippen LogP contribution in [0.15, 0.2) is 24.3 Å². The molecule has 0 fully saturated rings. The van der Waals surface area contributed by atoms with E-state index in [-0.39, 0.29) is 32.7 Å². The van der Waals surface area contributed by atoms with Crippen LogP contribution in [0.3, 0.4) is 0 Å². The number of hydrogen-bond acceptors (Lipinski definition) is 0. The Hall–Kier alpha value is 0.324. The van der Waals surface area contributed by atoms with Gasteiger partial charge in [-0.3, -0.25) is 0 Å². The molecule has 0 saturated heterocycles. The van der Waals surface area contributed by atoms with E-state index in [0.29, 0.717) is 0 Å². The molecule has 1 aromatic carbocycles. The van der Waals surface area contributed by atoms with Gasteiger partial charge in [0.05, 0.1) is 0 Å². The van der Waals surface area contributed by atoms with E-state index >= 15 is 0 Å². The molecule has 0 heterocycles. The summed E-state index contributed by atoms with van der Waals surface area (Å²) in [6.07, 6.45) is 1.14. The topological polar surface area (TPSA) is 0 Å². The number of aryl methyl sites for hydroxylation is 2. The fourth-order valence-corrected chi connectivity index (χ4v) is 0.824. The fourth-order valence-electron chi connectivity index (χ4n) is 0.824. The molecule has 51 valence electrons. The summed E-state index contributed by atoms with van der Waals surface area (Å²) in [4.78, 5) is 0. The number of rotatable bonds is 1. The van der Waals surface area contributed by atoms with Crippen molar-refractivity contribution in [2.45, 2.75) is 20.3 Å². The van der Waals surface area contributed by atoms with Gasteiger partial charge in [0, 0.05) is 32.7 Å². The second-order valence-corrected chi connectivity index (χ2v) is 2.34. The predicted octanol–water partition coefficient (Wildman–Crippen LogP) is 2.55. The van der Waals surface area contributed by atoms with Crippen molar-refractivity contribution in [2.24, 2.45) is 0 Å². The van der Waals surface area contributed by atoms with Gasteiger partial charge in [-0.25, -0.2) is 0 Å². The molecule has 0 atom stereocenters. The van der Waals surface area contributed by atoms with Gasteiger partial charge in [-0.05, 0) is 18.9 Å². The van der Waals surface area contributed by atoms with Gasteiger partial charge >= 0.3 is 0 Å². The Morgan fingerprint density at radius 2 is 1.60 bits per heavy atom. The zero-order valence-electron chi connectivity index (χ0n) is 6.59. The molecule has 1 aromatic rings. The van der Waals surface area contributed by atoms with Crippen LogP contribution in [-0.2, 0) is 39.1 Å². The van der Waals surface area contributed by atoms with E-state index in [9.17, 15) is 0 Å². The van der Waals surface area contributed by atoms with Crippen LogP contribution in [0.1, 0.15) is 18.1 Å². The molecular formula is C9H12Y. The third-order valence-electron chi connectivity index (χ3n) is 1.53. The maximum atomic E-state index is 2.18. The summed E-state index contributed by atoms with van der Waals surface area (Å²) >= 11 is 0. The molecule has 0 nitrogen and oxygen atoms in total. The maximum absolute atomic E-state index is 2.18. The van der Waals surface area contributed by atoms with Gasteiger partial charge in [0.15, 0.2) is 0 Å². The smallest absolute Gasteiger partial charge is 0 e. The number of benzene rings is 1. The normalized spacial score (nSPS) is 8.60. The summed E-state index contributed by atoms with van der Waals surface area (Å²) in [6, 6.07) is 8.66. The van der Waals surface area contributed by atoms with Crippen molar-refractivity contribution in [1.82, 2.24) is 0 Å². The third kappa shape index (κ3) is 2.94. The summed E-state index contributed by atoms with van der Waals surface area (Å²) in [5.74, 6) is 0. The second kappa shape index (κ2) is 5.04. The Balaban J connectivity index is 0.000000810. The van der Waals surface area contributed by atoms with E-state index < -0.39 is 0 Å². The van der Waals surface area contributed by atoms with Crippen LogP contribution in [0.2, 0.25) is 0 Å². The molecule has 1 rings (SSSR count). The molecule has 1 radical (unpaired) electrons. The molecule has 0 aromatic heterocycles. The van der Waals surface area contributed by atoms with Gasteiger partial charge in [-0.1, -0.05) is 36.8 Å². The minimum absolute atomic E-state index is 0. The third-order valence-corrected chi connectivity index (χ3v) is 1.53. The van der Waals surface area contributed by atoms with Gasteiger partial charge < -0.3 is 0 Å². The average molecular weight is 209 g/mol. The van der Waals surface area contributed by atoms with E-state index in [1.54, 1.807) is 0 Å². The first-order valence-corrected chi connectivity index (χ1v) is 3.38. The molecule has 10 heavy (non-hydrogen) atoms. The van der Waals surface area contributed by atoms with Crippen molar-refractivity contribution in [1.29, 1.82) is 0 Å². The van der Waals surface area contributed by atoms with Crippen molar-refractivity contribution >= 4 is 0 Å². The standard InChI is InChI=1S/C9H12.Y/c1-3-9-6-4-8(2)5-7-9;/h4-7H,3H2,1-2H3;. The van der Waals surface area contributed by atoms with E-state index in [1.807, 2.05) is 0 Å². The van der Waals surface area contributed by atoms with Crippen molar-refractivity contribution in [2.75, 3.05) is 0 Å². The van der Waals surface area contributed by atoms with Crippen LogP contribution in [0.4, 0.5) is 0 Å². The Kier molecular flexibility index (Phi) is 5.20. The summed E-state index contributed by atoms with van der Waals surface area (Å²) < 4.78 is 0. The summed E-state index contributed by atoms with van der Waals surface area (Å²) in [5.41, 5.74) is 2.76. The zero-order chi connectivity index (χ0) is 6.69. The maximum Gasteiger partial charge on any atom is 0 e. The van der Waals surface area contributed by atoms with Gasteiger partial charge in [0.25, 0.3) is 0 Å². The first kappa shape index (κ1) is 10.3. The Morgan fingerprint density at radius 3 is 2.00 bits per heavy atom. The summed E-state index contributed by atoms with van der Waals surface area (Å²) in [5, 5.41) is 0. The molecule has 0 aliphatic heterocycles. The summed E-state index contributed by atoms with van der Waals surface area (Å²) in [7, 11) is 0. The minimum atomic E-state index is 0. The minimum Gasteiger partial charge on any atom is -0.0613 e. The fraction of sp³-hybridized carbons (Fsp3) is 0.333. The van der Waals surface area contributed by atoms with E-state index in [1.165, 1.54) is 11.1 Å². The van der Waals surface area contributed by atoms with Gasteiger partial charge in [0.1, 0.15) is 0 Å².